The number of furan rings is 1. The van der Waals surface area contributed by atoms with E-state index in [-0.39, 0.29) is 6.17 Å². The van der Waals surface area contributed by atoms with E-state index >= 15 is 0 Å². The normalized spacial score (nSPS) is 23.8. The Labute approximate surface area is 189 Å². The summed E-state index contributed by atoms with van der Waals surface area (Å²) in [6, 6.07) is 5.97. The van der Waals surface area contributed by atoms with E-state index in [1.807, 2.05) is 44.1 Å². The standard InChI is InChI=1S/C25H31N5O/c1-15(2)21-9-8-19-20-14-22(29-12-10-27(6)17(29)4)16(3)23(24(20)31-25(19)26-21)30-13-11-28(7)18(30)5/h8-15,17-18H,1-7H3/t17-,18+/m1/s1/i7D3,15D. The topological polar surface area (TPSA) is 39.0 Å². The zero-order valence-electron chi connectivity index (χ0n) is 22.8. The second-order valence-electron chi connectivity index (χ2n) is 8.64. The fraction of sp³-hybridized carbons (Fsp3) is 0.400. The first-order valence-corrected chi connectivity index (χ1v) is 10.6. The Morgan fingerprint density at radius 3 is 2.39 bits per heavy atom. The highest BCUT2D eigenvalue weighted by Gasteiger charge is 2.30. The van der Waals surface area contributed by atoms with E-state index in [0.717, 1.165) is 27.7 Å². The molecule has 31 heavy (non-hydrogen) atoms. The highest BCUT2D eigenvalue weighted by atomic mass is 16.3. The van der Waals surface area contributed by atoms with Crippen molar-refractivity contribution in [1.82, 2.24) is 14.8 Å². The Morgan fingerprint density at radius 1 is 1.03 bits per heavy atom. The molecule has 2 aliphatic rings. The number of nitrogens with zero attached hydrogens (tertiary/aromatic N) is 5. The molecule has 0 unspecified atom stereocenters. The van der Waals surface area contributed by atoms with Gasteiger partial charge >= 0.3 is 0 Å². The summed E-state index contributed by atoms with van der Waals surface area (Å²) in [5.41, 5.74) is 4.56. The van der Waals surface area contributed by atoms with Crippen LogP contribution < -0.4 is 9.80 Å². The first-order valence-electron chi connectivity index (χ1n) is 12.6. The van der Waals surface area contributed by atoms with Crippen LogP contribution in [0.25, 0.3) is 22.1 Å². The molecule has 1 aromatic carbocycles. The van der Waals surface area contributed by atoms with Crippen LogP contribution in [0, 0.1) is 6.92 Å². The van der Waals surface area contributed by atoms with E-state index in [4.69, 9.17) is 9.90 Å². The molecular weight excluding hydrogens is 386 g/mol. The Balaban J connectivity index is 1.77. The summed E-state index contributed by atoms with van der Waals surface area (Å²) >= 11 is 0. The molecule has 3 aromatic rings. The van der Waals surface area contributed by atoms with Gasteiger partial charge in [0.05, 0.1) is 5.69 Å². The Hall–Kier alpha value is -3.15. The third-order valence-corrected chi connectivity index (χ3v) is 6.53. The van der Waals surface area contributed by atoms with Gasteiger partial charge in [0.2, 0.25) is 5.71 Å². The number of fused-ring (bicyclic) bond motifs is 3. The van der Waals surface area contributed by atoms with E-state index in [0.29, 0.717) is 17.0 Å². The summed E-state index contributed by atoms with van der Waals surface area (Å²) in [6.45, 7) is 7.40. The van der Waals surface area contributed by atoms with Crippen LogP contribution in [0.4, 0.5) is 11.4 Å². The summed E-state index contributed by atoms with van der Waals surface area (Å²) in [7, 11) is 2.04. The summed E-state index contributed by atoms with van der Waals surface area (Å²) < 4.78 is 38.6. The number of rotatable bonds is 3. The van der Waals surface area contributed by atoms with E-state index in [1.165, 1.54) is 4.90 Å². The van der Waals surface area contributed by atoms with Crippen molar-refractivity contribution in [2.24, 2.45) is 0 Å². The Bertz CT molecular complexity index is 1370. The fourth-order valence-electron chi connectivity index (χ4n) is 4.40. The molecule has 0 aliphatic carbocycles. The minimum Gasteiger partial charge on any atom is -0.435 e. The van der Waals surface area contributed by atoms with Crippen LogP contribution in [0.15, 0.2) is 47.4 Å². The van der Waals surface area contributed by atoms with Gasteiger partial charge in [-0.25, -0.2) is 4.98 Å². The summed E-state index contributed by atoms with van der Waals surface area (Å²) in [6.07, 6.45) is 7.21. The molecule has 0 amide bonds. The summed E-state index contributed by atoms with van der Waals surface area (Å²) in [4.78, 5) is 12.4. The predicted molar refractivity (Wildman–Crippen MR) is 128 cm³/mol. The number of benzene rings is 1. The van der Waals surface area contributed by atoms with Gasteiger partial charge in [0.25, 0.3) is 0 Å². The second-order valence-corrected chi connectivity index (χ2v) is 8.64. The van der Waals surface area contributed by atoms with Gasteiger partial charge in [-0.15, -0.1) is 0 Å². The second kappa shape index (κ2) is 6.94. The van der Waals surface area contributed by atoms with Crippen LogP contribution >= 0.6 is 0 Å². The Morgan fingerprint density at radius 2 is 1.74 bits per heavy atom. The number of hydrogen-bond acceptors (Lipinski definition) is 6. The summed E-state index contributed by atoms with van der Waals surface area (Å²) in [5.74, 6) is -0.857. The average Bonchev–Trinajstić information content (AvgIpc) is 3.42. The maximum Gasteiger partial charge on any atom is 0.227 e. The van der Waals surface area contributed by atoms with Gasteiger partial charge in [-0.2, -0.15) is 0 Å². The van der Waals surface area contributed by atoms with E-state index in [9.17, 15) is 0 Å². The van der Waals surface area contributed by atoms with Crippen molar-refractivity contribution in [1.29, 1.82) is 0 Å². The molecule has 4 heterocycles. The molecule has 0 saturated carbocycles. The lowest BCUT2D eigenvalue weighted by atomic mass is 10.0. The average molecular weight is 422 g/mol. The van der Waals surface area contributed by atoms with Crippen molar-refractivity contribution in [3.63, 3.8) is 0 Å². The van der Waals surface area contributed by atoms with Gasteiger partial charge in [0, 0.05) is 72.0 Å². The van der Waals surface area contributed by atoms with Crippen LogP contribution in [0.2, 0.25) is 0 Å². The van der Waals surface area contributed by atoms with E-state index in [2.05, 4.69) is 34.0 Å². The lowest BCUT2D eigenvalue weighted by molar-refractivity contribution is 0.381. The van der Waals surface area contributed by atoms with Crippen molar-refractivity contribution in [2.45, 2.75) is 52.8 Å². The molecule has 5 rings (SSSR count). The maximum absolute atomic E-state index is 8.39. The van der Waals surface area contributed by atoms with Gasteiger partial charge < -0.3 is 24.0 Å². The third-order valence-electron chi connectivity index (χ3n) is 6.53. The molecule has 2 atom stereocenters. The fourth-order valence-corrected chi connectivity index (χ4v) is 4.40. The highest BCUT2D eigenvalue weighted by Crippen LogP contribution is 2.44. The zero-order valence-corrected chi connectivity index (χ0v) is 18.8. The Kier molecular flexibility index (Phi) is 3.50. The molecule has 0 radical (unpaired) electrons. The van der Waals surface area contributed by atoms with Crippen LogP contribution in [0.1, 0.15) is 50.3 Å². The minimum atomic E-state index is -2.26. The number of pyridine rings is 1. The SMILES string of the molecule is [2H]C(C)(C)c1ccc2c(n1)oc1c(N3C=CN(C([2H])([2H])[2H])[C@@H]3C)c(C)c(N3C=CN(C)[C@H]3C)cc12. The molecule has 0 N–H and O–H groups in total. The molecule has 0 spiro atoms. The van der Waals surface area contributed by atoms with Gasteiger partial charge in [0.1, 0.15) is 12.3 Å². The van der Waals surface area contributed by atoms with Crippen molar-refractivity contribution >= 4 is 33.4 Å². The highest BCUT2D eigenvalue weighted by molar-refractivity contribution is 6.11. The maximum atomic E-state index is 8.39. The molecule has 6 nitrogen and oxygen atoms in total. The molecule has 0 bridgehead atoms. The minimum absolute atomic E-state index is 0.122. The zero-order chi connectivity index (χ0) is 25.4. The van der Waals surface area contributed by atoms with Gasteiger partial charge in [0.15, 0.2) is 5.58 Å². The summed E-state index contributed by atoms with van der Waals surface area (Å²) in [5, 5.41) is 1.77. The molecule has 6 heteroatoms. The first-order chi connectivity index (χ1) is 16.3. The van der Waals surface area contributed by atoms with Crippen molar-refractivity contribution < 1.29 is 9.90 Å². The van der Waals surface area contributed by atoms with Crippen LogP contribution in [-0.4, -0.2) is 41.1 Å². The van der Waals surface area contributed by atoms with Gasteiger partial charge in [-0.1, -0.05) is 13.8 Å². The van der Waals surface area contributed by atoms with Crippen molar-refractivity contribution in [3.8, 4) is 0 Å². The predicted octanol–water partition coefficient (Wildman–Crippen LogP) is 5.55. The molecular formula is C25H31N5O. The van der Waals surface area contributed by atoms with Gasteiger partial charge in [-0.3, -0.25) is 0 Å². The lowest BCUT2D eigenvalue weighted by Gasteiger charge is -2.32. The third kappa shape index (κ3) is 2.88. The largest absolute Gasteiger partial charge is 0.435 e. The first kappa shape index (κ1) is 15.6. The quantitative estimate of drug-likeness (QED) is 0.552. The number of aromatic nitrogens is 1. The smallest absolute Gasteiger partial charge is 0.227 e. The lowest BCUT2D eigenvalue weighted by Crippen LogP contribution is -2.35. The van der Waals surface area contributed by atoms with Gasteiger partial charge in [-0.05, 0) is 44.9 Å². The number of anilines is 2. The number of hydrogen-bond donors (Lipinski definition) is 0. The molecule has 2 aromatic heterocycles. The molecule has 0 fully saturated rings. The molecule has 0 saturated heterocycles. The van der Waals surface area contributed by atoms with Crippen molar-refractivity contribution in [3.05, 3.63) is 54.3 Å². The van der Waals surface area contributed by atoms with Crippen molar-refractivity contribution in [2.75, 3.05) is 23.8 Å². The van der Waals surface area contributed by atoms with Crippen LogP contribution in [0.5, 0.6) is 0 Å². The van der Waals surface area contributed by atoms with E-state index in [1.54, 1.807) is 26.2 Å². The molecule has 2 aliphatic heterocycles. The monoisotopic (exact) mass is 421 g/mol. The van der Waals surface area contributed by atoms with Crippen LogP contribution in [-0.2, 0) is 0 Å². The van der Waals surface area contributed by atoms with E-state index < -0.39 is 19.0 Å². The molecule has 162 valence electrons. The van der Waals surface area contributed by atoms with Crippen LogP contribution in [0.3, 0.4) is 0 Å².